The van der Waals surface area contributed by atoms with Gasteiger partial charge in [-0.2, -0.15) is 0 Å². The maximum absolute atomic E-state index is 12.9. The molecule has 4 aromatic rings. The second-order valence-electron chi connectivity index (χ2n) is 7.45. The number of thiophene rings is 1. The van der Waals surface area contributed by atoms with Crippen molar-refractivity contribution in [1.82, 2.24) is 5.32 Å². The van der Waals surface area contributed by atoms with Gasteiger partial charge in [0.25, 0.3) is 11.8 Å². The topological polar surface area (TPSA) is 70.2 Å². The van der Waals surface area contributed by atoms with Crippen LogP contribution in [0.4, 0.5) is 11.4 Å². The lowest BCUT2D eigenvalue weighted by Crippen LogP contribution is -2.34. The molecular weight excluding hydrogens is 474 g/mol. The van der Waals surface area contributed by atoms with E-state index in [9.17, 15) is 9.59 Å². The first kappa shape index (κ1) is 22.9. The average Bonchev–Trinajstić information content (AvgIpc) is 3.13. The number of amides is 2. The molecule has 3 aromatic carbocycles. The summed E-state index contributed by atoms with van der Waals surface area (Å²) in [6, 6.07) is 20.2. The minimum atomic E-state index is -0.407. The van der Waals surface area contributed by atoms with Crippen LogP contribution < -0.4 is 16.0 Å². The van der Waals surface area contributed by atoms with E-state index in [1.54, 1.807) is 24.3 Å². The van der Waals surface area contributed by atoms with E-state index in [1.807, 2.05) is 56.3 Å². The van der Waals surface area contributed by atoms with E-state index in [0.29, 0.717) is 26.8 Å². The molecule has 0 unspecified atom stereocenters. The Morgan fingerprint density at radius 1 is 0.879 bits per heavy atom. The summed E-state index contributed by atoms with van der Waals surface area (Å²) in [5, 5.41) is 9.79. The van der Waals surface area contributed by atoms with Crippen LogP contribution in [0.2, 0.25) is 5.02 Å². The smallest absolute Gasteiger partial charge is 0.269 e. The van der Waals surface area contributed by atoms with Crippen molar-refractivity contribution in [2.75, 3.05) is 10.6 Å². The minimum absolute atomic E-state index is 0.0694. The zero-order chi connectivity index (χ0) is 23.5. The molecule has 0 radical (unpaired) electrons. The molecule has 0 fully saturated rings. The third kappa shape index (κ3) is 5.06. The number of carbonyl (C=O) groups excluding carboxylic acids is 2. The summed E-state index contributed by atoms with van der Waals surface area (Å²) in [6.45, 7) is 4.01. The molecule has 166 valence electrons. The summed E-state index contributed by atoms with van der Waals surface area (Å²) in [4.78, 5) is 26.0. The molecular formula is C25H20ClN3O2S2. The van der Waals surface area contributed by atoms with Crippen molar-refractivity contribution in [3.05, 3.63) is 93.3 Å². The van der Waals surface area contributed by atoms with Gasteiger partial charge in [-0.15, -0.1) is 11.3 Å². The molecule has 8 heteroatoms. The van der Waals surface area contributed by atoms with Crippen LogP contribution in [-0.2, 0) is 0 Å². The monoisotopic (exact) mass is 493 g/mol. The zero-order valence-electron chi connectivity index (χ0n) is 17.9. The molecule has 1 heterocycles. The predicted molar refractivity (Wildman–Crippen MR) is 141 cm³/mol. The van der Waals surface area contributed by atoms with E-state index in [-0.39, 0.29) is 11.0 Å². The van der Waals surface area contributed by atoms with Gasteiger partial charge in [0, 0.05) is 15.8 Å². The Labute approximate surface area is 205 Å². The van der Waals surface area contributed by atoms with Crippen LogP contribution in [0.1, 0.15) is 31.2 Å². The minimum Gasteiger partial charge on any atom is -0.332 e. The molecule has 0 saturated heterocycles. The lowest BCUT2D eigenvalue weighted by atomic mass is 10.1. The third-order valence-corrected chi connectivity index (χ3v) is 7.03. The van der Waals surface area contributed by atoms with Crippen molar-refractivity contribution in [1.29, 1.82) is 0 Å². The predicted octanol–water partition coefficient (Wildman–Crippen LogP) is 6.55. The number of hydrogen-bond acceptors (Lipinski definition) is 4. The molecule has 0 aliphatic heterocycles. The standard InChI is InChI=1S/C25H20ClN3O2S2/c1-14-11-12-16(13-15(14)2)27-23(30)17-7-3-5-9-19(17)28-25(32)29-24(31)22-21(26)18-8-4-6-10-20(18)33-22/h3-13H,1-2H3,(H,27,30)(H2,28,29,31,32). The molecule has 0 atom stereocenters. The maximum Gasteiger partial charge on any atom is 0.269 e. The van der Waals surface area contributed by atoms with Gasteiger partial charge in [-0.05, 0) is 67.5 Å². The van der Waals surface area contributed by atoms with E-state index < -0.39 is 5.91 Å². The number of halogens is 1. The summed E-state index contributed by atoms with van der Waals surface area (Å²) in [5.74, 6) is -0.696. The third-order valence-electron chi connectivity index (χ3n) is 5.15. The number of thiocarbonyl (C=S) groups is 1. The van der Waals surface area contributed by atoms with Crippen LogP contribution in [0.15, 0.2) is 66.7 Å². The van der Waals surface area contributed by atoms with Crippen molar-refractivity contribution < 1.29 is 9.59 Å². The van der Waals surface area contributed by atoms with Gasteiger partial charge in [0.1, 0.15) is 4.88 Å². The van der Waals surface area contributed by atoms with Crippen molar-refractivity contribution >= 4 is 73.5 Å². The van der Waals surface area contributed by atoms with Crippen LogP contribution in [-0.4, -0.2) is 16.9 Å². The number of carbonyl (C=O) groups is 2. The van der Waals surface area contributed by atoms with Gasteiger partial charge >= 0.3 is 0 Å². The lowest BCUT2D eigenvalue weighted by molar-refractivity contribution is 0.0980. The summed E-state index contributed by atoms with van der Waals surface area (Å²) in [7, 11) is 0. The summed E-state index contributed by atoms with van der Waals surface area (Å²) < 4.78 is 0.917. The summed E-state index contributed by atoms with van der Waals surface area (Å²) in [6.07, 6.45) is 0. The van der Waals surface area contributed by atoms with Crippen molar-refractivity contribution in [2.45, 2.75) is 13.8 Å². The fourth-order valence-electron chi connectivity index (χ4n) is 3.28. The Kier molecular flexibility index (Phi) is 6.74. The second kappa shape index (κ2) is 9.70. The summed E-state index contributed by atoms with van der Waals surface area (Å²) in [5.41, 5.74) is 3.81. The number of rotatable bonds is 4. The van der Waals surface area contributed by atoms with Crippen LogP contribution in [0.3, 0.4) is 0 Å². The molecule has 33 heavy (non-hydrogen) atoms. The molecule has 1 aromatic heterocycles. The normalized spacial score (nSPS) is 10.6. The van der Waals surface area contributed by atoms with Crippen molar-refractivity contribution in [3.63, 3.8) is 0 Å². The maximum atomic E-state index is 12.9. The highest BCUT2D eigenvalue weighted by atomic mass is 35.5. The zero-order valence-corrected chi connectivity index (χ0v) is 20.3. The number of aryl methyl sites for hydroxylation is 2. The van der Waals surface area contributed by atoms with Crippen molar-refractivity contribution in [3.8, 4) is 0 Å². The van der Waals surface area contributed by atoms with Gasteiger partial charge in [-0.1, -0.05) is 48.0 Å². The first-order valence-electron chi connectivity index (χ1n) is 10.1. The number of benzene rings is 3. The van der Waals surface area contributed by atoms with E-state index >= 15 is 0 Å². The SMILES string of the molecule is Cc1ccc(NC(=O)c2ccccc2NC(=S)NC(=O)c2sc3ccccc3c2Cl)cc1C. The fraction of sp³-hybridized carbons (Fsp3) is 0.0800. The van der Waals surface area contributed by atoms with E-state index in [1.165, 1.54) is 11.3 Å². The highest BCUT2D eigenvalue weighted by Crippen LogP contribution is 2.35. The second-order valence-corrected chi connectivity index (χ2v) is 9.29. The number of anilines is 2. The Hall–Kier alpha value is -3.26. The molecule has 0 spiro atoms. The number of hydrogen-bond donors (Lipinski definition) is 3. The number of para-hydroxylation sites is 1. The van der Waals surface area contributed by atoms with E-state index in [4.69, 9.17) is 23.8 Å². The first-order valence-corrected chi connectivity index (χ1v) is 11.7. The highest BCUT2D eigenvalue weighted by molar-refractivity contribution is 7.80. The molecule has 0 aliphatic carbocycles. The fourth-order valence-corrected chi connectivity index (χ4v) is 4.90. The van der Waals surface area contributed by atoms with Crippen LogP contribution in [0.5, 0.6) is 0 Å². The Morgan fingerprint density at radius 3 is 2.36 bits per heavy atom. The Balaban J connectivity index is 1.48. The largest absolute Gasteiger partial charge is 0.332 e. The number of fused-ring (bicyclic) bond motifs is 1. The molecule has 0 aliphatic rings. The lowest BCUT2D eigenvalue weighted by Gasteiger charge is -2.14. The van der Waals surface area contributed by atoms with E-state index in [0.717, 1.165) is 21.2 Å². The molecule has 5 nitrogen and oxygen atoms in total. The molecule has 0 saturated carbocycles. The average molecular weight is 494 g/mol. The van der Waals surface area contributed by atoms with Gasteiger partial charge in [-0.25, -0.2) is 0 Å². The van der Waals surface area contributed by atoms with Gasteiger partial charge in [-0.3, -0.25) is 14.9 Å². The molecule has 0 bridgehead atoms. The van der Waals surface area contributed by atoms with Crippen LogP contribution >= 0.6 is 35.2 Å². The van der Waals surface area contributed by atoms with Crippen molar-refractivity contribution in [2.24, 2.45) is 0 Å². The van der Waals surface area contributed by atoms with Crippen LogP contribution in [0, 0.1) is 13.8 Å². The van der Waals surface area contributed by atoms with Gasteiger partial charge in [0.2, 0.25) is 0 Å². The summed E-state index contributed by atoms with van der Waals surface area (Å²) >= 11 is 13.0. The van der Waals surface area contributed by atoms with Crippen LogP contribution in [0.25, 0.3) is 10.1 Å². The highest BCUT2D eigenvalue weighted by Gasteiger charge is 2.19. The van der Waals surface area contributed by atoms with Gasteiger partial charge in [0.05, 0.1) is 16.3 Å². The molecule has 2 amide bonds. The van der Waals surface area contributed by atoms with Gasteiger partial charge < -0.3 is 10.6 Å². The first-order chi connectivity index (χ1) is 15.8. The van der Waals surface area contributed by atoms with Gasteiger partial charge in [0.15, 0.2) is 5.11 Å². The van der Waals surface area contributed by atoms with E-state index in [2.05, 4.69) is 16.0 Å². The quantitative estimate of drug-likeness (QED) is 0.282. The number of nitrogens with one attached hydrogen (secondary N) is 3. The molecule has 3 N–H and O–H groups in total. The Bertz CT molecular complexity index is 1400. The molecule has 4 rings (SSSR count). The Morgan fingerprint density at radius 2 is 1.61 bits per heavy atom.